The van der Waals surface area contributed by atoms with Crippen LogP contribution in [0.4, 0.5) is 0 Å². The first-order valence-electron chi connectivity index (χ1n) is 7.64. The van der Waals surface area contributed by atoms with Crippen molar-refractivity contribution in [2.45, 2.75) is 45.6 Å². The maximum atomic E-state index is 12.2. The molecule has 122 valence electrons. The lowest BCUT2D eigenvalue weighted by atomic mass is 9.84. The van der Waals surface area contributed by atoms with Gasteiger partial charge in [0.2, 0.25) is 5.91 Å². The van der Waals surface area contributed by atoms with Crippen LogP contribution >= 0.6 is 0 Å². The Kier molecular flexibility index (Phi) is 4.66. The third-order valence-corrected chi connectivity index (χ3v) is 5.07. The SMILES string of the molecule is CC(C)(C)c1ccc2c(c1)CN(C(=O)CCS(C)(=O)=O)CC2. The molecule has 0 unspecified atom stereocenters. The van der Waals surface area contributed by atoms with Crippen LogP contribution in [0.25, 0.3) is 0 Å². The smallest absolute Gasteiger partial charge is 0.223 e. The van der Waals surface area contributed by atoms with Crippen molar-refractivity contribution in [3.05, 3.63) is 34.9 Å². The molecule has 1 heterocycles. The van der Waals surface area contributed by atoms with Crippen molar-refractivity contribution in [1.29, 1.82) is 0 Å². The zero-order valence-electron chi connectivity index (χ0n) is 13.8. The van der Waals surface area contributed by atoms with Gasteiger partial charge in [-0.3, -0.25) is 4.79 Å². The van der Waals surface area contributed by atoms with E-state index in [4.69, 9.17) is 0 Å². The third-order valence-electron chi connectivity index (χ3n) is 4.12. The van der Waals surface area contributed by atoms with Crippen LogP contribution in [0.3, 0.4) is 0 Å². The number of nitrogens with zero attached hydrogens (tertiary/aromatic N) is 1. The highest BCUT2D eigenvalue weighted by Crippen LogP contribution is 2.27. The molecule has 1 aliphatic heterocycles. The maximum absolute atomic E-state index is 12.2. The fourth-order valence-corrected chi connectivity index (χ4v) is 3.21. The molecule has 0 radical (unpaired) electrons. The number of rotatable bonds is 3. The van der Waals surface area contributed by atoms with E-state index in [2.05, 4.69) is 39.0 Å². The van der Waals surface area contributed by atoms with Gasteiger partial charge < -0.3 is 4.90 Å². The third kappa shape index (κ3) is 4.32. The van der Waals surface area contributed by atoms with Crippen LogP contribution < -0.4 is 0 Å². The van der Waals surface area contributed by atoms with Crippen LogP contribution in [0.2, 0.25) is 0 Å². The zero-order chi connectivity index (χ0) is 16.5. The van der Waals surface area contributed by atoms with Gasteiger partial charge in [-0.05, 0) is 28.5 Å². The van der Waals surface area contributed by atoms with Crippen molar-refractivity contribution < 1.29 is 13.2 Å². The van der Waals surface area contributed by atoms with Crippen LogP contribution in [0.1, 0.15) is 43.9 Å². The van der Waals surface area contributed by atoms with Crippen molar-refractivity contribution in [2.75, 3.05) is 18.6 Å². The van der Waals surface area contributed by atoms with Gasteiger partial charge in [0.15, 0.2) is 0 Å². The average Bonchev–Trinajstić information content (AvgIpc) is 2.41. The van der Waals surface area contributed by atoms with E-state index in [9.17, 15) is 13.2 Å². The van der Waals surface area contributed by atoms with E-state index < -0.39 is 9.84 Å². The van der Waals surface area contributed by atoms with Crippen molar-refractivity contribution in [3.63, 3.8) is 0 Å². The predicted molar refractivity (Wildman–Crippen MR) is 88.6 cm³/mol. The highest BCUT2D eigenvalue weighted by Gasteiger charge is 2.23. The standard InChI is InChI=1S/C17H25NO3S/c1-17(2,3)15-6-5-13-7-9-18(12-14(13)11-15)16(19)8-10-22(4,20)21/h5-6,11H,7-10,12H2,1-4H3. The Morgan fingerprint density at radius 2 is 1.91 bits per heavy atom. The number of carbonyl (C=O) groups excluding carboxylic acids is 1. The Hall–Kier alpha value is -1.36. The molecule has 5 heteroatoms. The fraction of sp³-hybridized carbons (Fsp3) is 0.588. The first-order chi connectivity index (χ1) is 10.1. The summed E-state index contributed by atoms with van der Waals surface area (Å²) < 4.78 is 22.4. The van der Waals surface area contributed by atoms with Gasteiger partial charge in [0, 0.05) is 25.8 Å². The van der Waals surface area contributed by atoms with Crippen LogP contribution in [-0.2, 0) is 33.0 Å². The van der Waals surface area contributed by atoms with E-state index in [1.807, 2.05) is 0 Å². The van der Waals surface area contributed by atoms with Crippen LogP contribution in [0.5, 0.6) is 0 Å². The minimum atomic E-state index is -3.09. The number of amides is 1. The van der Waals surface area contributed by atoms with Crippen LogP contribution in [0.15, 0.2) is 18.2 Å². The van der Waals surface area contributed by atoms with E-state index in [-0.39, 0.29) is 23.5 Å². The molecule has 0 bridgehead atoms. The summed E-state index contributed by atoms with van der Waals surface area (Å²) in [7, 11) is -3.09. The molecule has 1 aromatic rings. The van der Waals surface area contributed by atoms with Crippen LogP contribution in [0, 0.1) is 0 Å². The second kappa shape index (κ2) is 6.03. The molecule has 4 nitrogen and oxygen atoms in total. The first kappa shape index (κ1) is 17.0. The largest absolute Gasteiger partial charge is 0.338 e. The second-order valence-corrected chi connectivity index (χ2v) is 9.44. The molecule has 22 heavy (non-hydrogen) atoms. The molecule has 0 aliphatic carbocycles. The molecule has 0 saturated carbocycles. The molecule has 2 rings (SSSR count). The summed E-state index contributed by atoms with van der Waals surface area (Å²) in [6, 6.07) is 6.51. The summed E-state index contributed by atoms with van der Waals surface area (Å²) in [5, 5.41) is 0. The summed E-state index contributed by atoms with van der Waals surface area (Å²) >= 11 is 0. The lowest BCUT2D eigenvalue weighted by Gasteiger charge is -2.30. The van der Waals surface area contributed by atoms with Gasteiger partial charge in [-0.1, -0.05) is 39.0 Å². The number of fused-ring (bicyclic) bond motifs is 1. The van der Waals surface area contributed by atoms with Gasteiger partial charge in [0.25, 0.3) is 0 Å². The van der Waals surface area contributed by atoms with Gasteiger partial charge in [0.05, 0.1) is 5.75 Å². The molecular weight excluding hydrogens is 298 g/mol. The van der Waals surface area contributed by atoms with Crippen molar-refractivity contribution in [1.82, 2.24) is 4.90 Å². The maximum Gasteiger partial charge on any atom is 0.223 e. The summed E-state index contributed by atoms with van der Waals surface area (Å²) in [6.45, 7) is 7.78. The molecule has 1 aromatic carbocycles. The molecular formula is C17H25NO3S. The summed E-state index contributed by atoms with van der Waals surface area (Å²) in [6.07, 6.45) is 2.08. The highest BCUT2D eigenvalue weighted by atomic mass is 32.2. The fourth-order valence-electron chi connectivity index (χ4n) is 2.67. The first-order valence-corrected chi connectivity index (χ1v) is 9.70. The van der Waals surface area contributed by atoms with Crippen LogP contribution in [-0.4, -0.2) is 37.8 Å². The topological polar surface area (TPSA) is 54.5 Å². The Morgan fingerprint density at radius 3 is 2.50 bits per heavy atom. The molecule has 1 amide bonds. The zero-order valence-corrected chi connectivity index (χ0v) is 14.7. The van der Waals surface area contributed by atoms with Crippen molar-refractivity contribution in [3.8, 4) is 0 Å². The van der Waals surface area contributed by atoms with Gasteiger partial charge in [-0.15, -0.1) is 0 Å². The van der Waals surface area contributed by atoms with E-state index in [0.29, 0.717) is 13.1 Å². The molecule has 0 N–H and O–H groups in total. The van der Waals surface area contributed by atoms with E-state index >= 15 is 0 Å². The highest BCUT2D eigenvalue weighted by molar-refractivity contribution is 7.90. The molecule has 0 saturated heterocycles. The van der Waals surface area contributed by atoms with E-state index in [1.165, 1.54) is 22.9 Å². The lowest BCUT2D eigenvalue weighted by Crippen LogP contribution is -2.36. The number of hydrogen-bond donors (Lipinski definition) is 0. The number of sulfone groups is 1. The van der Waals surface area contributed by atoms with E-state index in [1.54, 1.807) is 4.90 Å². The second-order valence-electron chi connectivity index (χ2n) is 7.18. The van der Waals surface area contributed by atoms with Crippen molar-refractivity contribution in [2.24, 2.45) is 0 Å². The molecule has 0 aromatic heterocycles. The Bertz CT molecular complexity index is 672. The predicted octanol–water partition coefficient (Wildman–Crippen LogP) is 2.30. The minimum Gasteiger partial charge on any atom is -0.338 e. The van der Waals surface area contributed by atoms with Crippen molar-refractivity contribution >= 4 is 15.7 Å². The summed E-state index contributed by atoms with van der Waals surface area (Å²) in [4.78, 5) is 14.0. The average molecular weight is 323 g/mol. The van der Waals surface area contributed by atoms with Gasteiger partial charge >= 0.3 is 0 Å². The number of hydrogen-bond acceptors (Lipinski definition) is 3. The van der Waals surface area contributed by atoms with Gasteiger partial charge in [0.1, 0.15) is 9.84 Å². The molecule has 0 atom stereocenters. The molecule has 1 aliphatic rings. The van der Waals surface area contributed by atoms with Gasteiger partial charge in [-0.25, -0.2) is 8.42 Å². The number of carbonyl (C=O) groups is 1. The van der Waals surface area contributed by atoms with E-state index in [0.717, 1.165) is 6.42 Å². The Labute approximate surface area is 133 Å². The Balaban J connectivity index is 2.11. The van der Waals surface area contributed by atoms with Gasteiger partial charge in [-0.2, -0.15) is 0 Å². The monoisotopic (exact) mass is 323 g/mol. The Morgan fingerprint density at radius 1 is 1.23 bits per heavy atom. The normalized spacial score (nSPS) is 15.5. The molecule has 0 fully saturated rings. The summed E-state index contributed by atoms with van der Waals surface area (Å²) in [5.41, 5.74) is 3.82. The summed E-state index contributed by atoms with van der Waals surface area (Å²) in [5.74, 6) is -0.144. The number of benzene rings is 1. The minimum absolute atomic E-state index is 0.0720. The quantitative estimate of drug-likeness (QED) is 0.858. The lowest BCUT2D eigenvalue weighted by molar-refractivity contribution is -0.131. The molecule has 0 spiro atoms.